The summed E-state index contributed by atoms with van der Waals surface area (Å²) in [5.41, 5.74) is 0.951. The molecule has 0 aliphatic carbocycles. The zero-order valence-corrected chi connectivity index (χ0v) is 7.60. The van der Waals surface area contributed by atoms with Crippen LogP contribution in [0.3, 0.4) is 0 Å². The number of allylic oxidation sites excluding steroid dienone is 1. The van der Waals surface area contributed by atoms with Crippen LogP contribution in [0.25, 0.3) is 6.08 Å². The van der Waals surface area contributed by atoms with Crippen LogP contribution in [0.4, 0.5) is 0 Å². The predicted molar refractivity (Wildman–Crippen MR) is 55.3 cm³/mol. The average Bonchev–Trinajstić information content (AvgIpc) is 2.25. The summed E-state index contributed by atoms with van der Waals surface area (Å²) < 4.78 is 0. The number of hydrogen-bond acceptors (Lipinski definition) is 2. The van der Waals surface area contributed by atoms with Crippen molar-refractivity contribution in [1.29, 1.82) is 0 Å². The molecule has 0 heterocycles. The van der Waals surface area contributed by atoms with Gasteiger partial charge in [-0.1, -0.05) is 42.3 Å². The highest BCUT2D eigenvalue weighted by Gasteiger charge is 1.87. The van der Waals surface area contributed by atoms with E-state index in [-0.39, 0.29) is 12.4 Å². The Kier molecular flexibility index (Phi) is 4.19. The zero-order valence-electron chi connectivity index (χ0n) is 7.60. The smallest absolute Gasteiger partial charge is 0.228 e. The summed E-state index contributed by atoms with van der Waals surface area (Å²) in [5.74, 6) is 4.26. The van der Waals surface area contributed by atoms with Crippen molar-refractivity contribution in [1.82, 2.24) is 0 Å². The molecular formula is C12H10O2. The molecule has 14 heavy (non-hydrogen) atoms. The van der Waals surface area contributed by atoms with Crippen molar-refractivity contribution < 1.29 is 9.90 Å². The second-order valence-electron chi connectivity index (χ2n) is 2.57. The van der Waals surface area contributed by atoms with E-state index in [0.29, 0.717) is 0 Å². The van der Waals surface area contributed by atoms with Crippen LogP contribution < -0.4 is 0 Å². The molecule has 1 rings (SSSR count). The summed E-state index contributed by atoms with van der Waals surface area (Å²) in [6, 6.07) is 9.48. The Morgan fingerprint density at radius 1 is 1.36 bits per heavy atom. The number of rotatable bonds is 2. The van der Waals surface area contributed by atoms with Crippen molar-refractivity contribution in [3.05, 3.63) is 42.0 Å². The van der Waals surface area contributed by atoms with Gasteiger partial charge in [0.1, 0.15) is 6.61 Å². The van der Waals surface area contributed by atoms with Crippen molar-refractivity contribution in [2.45, 2.75) is 0 Å². The van der Waals surface area contributed by atoms with Crippen LogP contribution in [0.1, 0.15) is 5.56 Å². The topological polar surface area (TPSA) is 37.3 Å². The van der Waals surface area contributed by atoms with Crippen molar-refractivity contribution >= 4 is 11.9 Å². The van der Waals surface area contributed by atoms with Gasteiger partial charge in [-0.2, -0.15) is 0 Å². The van der Waals surface area contributed by atoms with E-state index >= 15 is 0 Å². The Bertz CT molecular complexity index is 380. The Balaban J connectivity index is 2.61. The molecule has 0 spiro atoms. The zero-order chi connectivity index (χ0) is 10.2. The number of aliphatic hydroxyl groups excluding tert-OH is 1. The lowest BCUT2D eigenvalue weighted by atomic mass is 10.2. The predicted octanol–water partition coefficient (Wildman–Crippen LogP) is 1.26. The minimum Gasteiger partial charge on any atom is -0.384 e. The van der Waals surface area contributed by atoms with E-state index < -0.39 is 0 Å². The molecule has 0 aromatic heterocycles. The van der Waals surface area contributed by atoms with Gasteiger partial charge in [0.25, 0.3) is 0 Å². The van der Waals surface area contributed by atoms with Gasteiger partial charge in [0.2, 0.25) is 5.78 Å². The monoisotopic (exact) mass is 186 g/mol. The molecule has 0 atom stereocenters. The molecule has 0 bridgehead atoms. The second kappa shape index (κ2) is 5.74. The van der Waals surface area contributed by atoms with Gasteiger partial charge in [0.05, 0.1) is 0 Å². The quantitative estimate of drug-likeness (QED) is 0.429. The number of ketones is 1. The lowest BCUT2D eigenvalue weighted by Crippen LogP contribution is -1.86. The SMILES string of the molecule is O=C(C#CCO)/C=C/c1ccccc1. The molecule has 0 fully saturated rings. The molecule has 0 radical (unpaired) electrons. The van der Waals surface area contributed by atoms with Crippen molar-refractivity contribution in [2.24, 2.45) is 0 Å². The first-order valence-electron chi connectivity index (χ1n) is 4.20. The Morgan fingerprint density at radius 3 is 2.71 bits per heavy atom. The highest BCUT2D eigenvalue weighted by atomic mass is 16.2. The maximum Gasteiger partial charge on any atom is 0.228 e. The van der Waals surface area contributed by atoms with Crippen molar-refractivity contribution in [2.75, 3.05) is 6.61 Å². The molecule has 1 aromatic rings. The van der Waals surface area contributed by atoms with Gasteiger partial charge < -0.3 is 5.11 Å². The second-order valence-corrected chi connectivity index (χ2v) is 2.57. The summed E-state index contributed by atoms with van der Waals surface area (Å²) in [4.78, 5) is 11.0. The molecule has 2 heteroatoms. The number of carbonyl (C=O) groups excluding carboxylic acids is 1. The Hall–Kier alpha value is -1.85. The summed E-state index contributed by atoms with van der Waals surface area (Å²) in [6.07, 6.45) is 3.08. The number of carbonyl (C=O) groups is 1. The standard InChI is InChI=1S/C12H10O2/c13-10-4-7-12(14)9-8-11-5-2-1-3-6-11/h1-3,5-6,8-9,13H,10H2/b9-8+. The van der Waals surface area contributed by atoms with Crippen molar-refractivity contribution in [3.63, 3.8) is 0 Å². The normalized spacial score (nSPS) is 9.50. The highest BCUT2D eigenvalue weighted by molar-refractivity contribution is 6.06. The van der Waals surface area contributed by atoms with Gasteiger partial charge in [-0.25, -0.2) is 0 Å². The van der Waals surface area contributed by atoms with Gasteiger partial charge in [-0.15, -0.1) is 0 Å². The molecule has 70 valence electrons. The third-order valence-corrected chi connectivity index (χ3v) is 1.52. The summed E-state index contributed by atoms with van der Waals surface area (Å²) >= 11 is 0. The maximum absolute atomic E-state index is 11.0. The van der Waals surface area contributed by atoms with E-state index in [1.54, 1.807) is 6.08 Å². The van der Waals surface area contributed by atoms with E-state index in [1.165, 1.54) is 6.08 Å². The fraction of sp³-hybridized carbons (Fsp3) is 0.0833. The van der Waals surface area contributed by atoms with Crippen LogP contribution in [0.5, 0.6) is 0 Å². The molecule has 0 saturated carbocycles. The van der Waals surface area contributed by atoms with Crippen LogP contribution >= 0.6 is 0 Å². The van der Waals surface area contributed by atoms with Gasteiger partial charge in [-0.3, -0.25) is 4.79 Å². The van der Waals surface area contributed by atoms with Crippen LogP contribution in [0.15, 0.2) is 36.4 Å². The highest BCUT2D eigenvalue weighted by Crippen LogP contribution is 2.00. The molecule has 0 unspecified atom stereocenters. The summed E-state index contributed by atoms with van der Waals surface area (Å²) in [7, 11) is 0. The maximum atomic E-state index is 11.0. The number of hydrogen-bond donors (Lipinski definition) is 1. The van der Waals surface area contributed by atoms with E-state index in [4.69, 9.17) is 5.11 Å². The molecule has 2 nitrogen and oxygen atoms in total. The van der Waals surface area contributed by atoms with E-state index in [9.17, 15) is 4.79 Å². The van der Waals surface area contributed by atoms with Gasteiger partial charge in [0, 0.05) is 0 Å². The molecular weight excluding hydrogens is 176 g/mol. The third kappa shape index (κ3) is 3.70. The van der Waals surface area contributed by atoms with Gasteiger partial charge in [-0.05, 0) is 17.6 Å². The van der Waals surface area contributed by atoms with Gasteiger partial charge >= 0.3 is 0 Å². The Labute approximate surface area is 82.9 Å². The lowest BCUT2D eigenvalue weighted by molar-refractivity contribution is -0.109. The minimum atomic E-state index is -0.303. The molecule has 0 saturated heterocycles. The van der Waals surface area contributed by atoms with Crippen LogP contribution in [0, 0.1) is 11.8 Å². The van der Waals surface area contributed by atoms with E-state index in [1.807, 2.05) is 30.3 Å². The molecule has 1 N–H and O–H groups in total. The molecule has 1 aromatic carbocycles. The fourth-order valence-corrected chi connectivity index (χ4v) is 0.904. The third-order valence-electron chi connectivity index (χ3n) is 1.52. The van der Waals surface area contributed by atoms with Gasteiger partial charge in [0.15, 0.2) is 0 Å². The van der Waals surface area contributed by atoms with Crippen LogP contribution in [0.2, 0.25) is 0 Å². The average molecular weight is 186 g/mol. The van der Waals surface area contributed by atoms with Crippen LogP contribution in [-0.4, -0.2) is 17.5 Å². The van der Waals surface area contributed by atoms with E-state index in [2.05, 4.69) is 11.8 Å². The van der Waals surface area contributed by atoms with Crippen molar-refractivity contribution in [3.8, 4) is 11.8 Å². The first-order valence-corrected chi connectivity index (χ1v) is 4.20. The number of aliphatic hydroxyl groups is 1. The number of benzene rings is 1. The molecule has 0 aliphatic heterocycles. The first-order chi connectivity index (χ1) is 6.83. The van der Waals surface area contributed by atoms with E-state index in [0.717, 1.165) is 5.56 Å². The summed E-state index contributed by atoms with van der Waals surface area (Å²) in [5, 5.41) is 8.35. The van der Waals surface area contributed by atoms with Crippen LogP contribution in [-0.2, 0) is 4.79 Å². The lowest BCUT2D eigenvalue weighted by Gasteiger charge is -1.88. The minimum absolute atomic E-state index is 0.287. The summed E-state index contributed by atoms with van der Waals surface area (Å²) in [6.45, 7) is -0.287. The largest absolute Gasteiger partial charge is 0.384 e. The fourth-order valence-electron chi connectivity index (χ4n) is 0.904. The first kappa shape index (κ1) is 10.2. The Morgan fingerprint density at radius 2 is 2.07 bits per heavy atom. The molecule has 0 amide bonds. The molecule has 0 aliphatic rings.